The molecule has 1 aliphatic heterocycles. The normalized spacial score (nSPS) is 27.1. The molecular weight excluding hydrogens is 296 g/mol. The van der Waals surface area contributed by atoms with Gasteiger partial charge in [0.2, 0.25) is 0 Å². The van der Waals surface area contributed by atoms with E-state index < -0.39 is 0 Å². The molecule has 2 atom stereocenters. The van der Waals surface area contributed by atoms with E-state index in [1.54, 1.807) is 6.20 Å². The lowest BCUT2D eigenvalue weighted by Gasteiger charge is -2.37. The molecule has 2 heterocycles. The van der Waals surface area contributed by atoms with E-state index in [2.05, 4.69) is 20.9 Å². The number of morpholine rings is 1. The van der Waals surface area contributed by atoms with Crippen molar-refractivity contribution < 1.29 is 9.53 Å². The van der Waals surface area contributed by atoms with Crippen LogP contribution in [0.25, 0.3) is 0 Å². The van der Waals surface area contributed by atoms with Crippen molar-refractivity contribution in [3.63, 3.8) is 0 Å². The smallest absolute Gasteiger partial charge is 0.274 e. The van der Waals surface area contributed by atoms with E-state index in [9.17, 15) is 4.79 Å². The zero-order valence-corrected chi connectivity index (χ0v) is 11.6. The van der Waals surface area contributed by atoms with Crippen molar-refractivity contribution in [2.45, 2.75) is 31.4 Å². The van der Waals surface area contributed by atoms with Crippen LogP contribution < -0.4 is 0 Å². The molecule has 0 spiro atoms. The number of hydrogen-bond acceptors (Lipinski definition) is 3. The van der Waals surface area contributed by atoms with E-state index in [4.69, 9.17) is 4.74 Å². The summed E-state index contributed by atoms with van der Waals surface area (Å²) in [6.45, 7) is 1.31. The molecule has 1 amide bonds. The third-order valence-electron chi connectivity index (χ3n) is 3.70. The largest absolute Gasteiger partial charge is 0.374 e. The summed E-state index contributed by atoms with van der Waals surface area (Å²) < 4.78 is 6.48. The van der Waals surface area contributed by atoms with Gasteiger partial charge in [-0.25, -0.2) is 4.98 Å². The van der Waals surface area contributed by atoms with Crippen molar-refractivity contribution in [2.75, 3.05) is 13.2 Å². The zero-order chi connectivity index (χ0) is 12.5. The highest BCUT2D eigenvalue weighted by atomic mass is 79.9. The fraction of sp³-hybridized carbons (Fsp3) is 0.538. The van der Waals surface area contributed by atoms with E-state index in [1.807, 2.05) is 17.0 Å². The summed E-state index contributed by atoms with van der Waals surface area (Å²) in [5.74, 6) is 0.0164. The number of rotatable bonds is 1. The SMILES string of the molecule is O=C(c1ncccc1Br)N1CCOC2CCCC21. The first-order valence-corrected chi connectivity index (χ1v) is 7.10. The fourth-order valence-corrected chi connectivity index (χ4v) is 3.28. The van der Waals surface area contributed by atoms with E-state index in [-0.39, 0.29) is 18.1 Å². The average molecular weight is 311 g/mol. The molecule has 4 nitrogen and oxygen atoms in total. The van der Waals surface area contributed by atoms with E-state index in [1.165, 1.54) is 0 Å². The molecule has 0 aromatic carbocycles. The number of carbonyl (C=O) groups is 1. The molecule has 1 aromatic rings. The number of hydrogen-bond donors (Lipinski definition) is 0. The zero-order valence-electron chi connectivity index (χ0n) is 10.0. The van der Waals surface area contributed by atoms with Gasteiger partial charge in [-0.15, -0.1) is 0 Å². The monoisotopic (exact) mass is 310 g/mol. The average Bonchev–Trinajstić information content (AvgIpc) is 2.86. The van der Waals surface area contributed by atoms with Crippen LogP contribution >= 0.6 is 15.9 Å². The van der Waals surface area contributed by atoms with E-state index in [0.29, 0.717) is 18.8 Å². The summed E-state index contributed by atoms with van der Waals surface area (Å²) in [5.41, 5.74) is 0.505. The van der Waals surface area contributed by atoms with Crippen LogP contribution in [0.5, 0.6) is 0 Å². The van der Waals surface area contributed by atoms with Crippen LogP contribution in [0.1, 0.15) is 29.8 Å². The van der Waals surface area contributed by atoms with Crippen LogP contribution in [-0.4, -0.2) is 41.1 Å². The molecule has 0 N–H and O–H groups in total. The molecule has 2 unspecified atom stereocenters. The van der Waals surface area contributed by atoms with Crippen LogP contribution in [0.4, 0.5) is 0 Å². The standard InChI is InChI=1S/C13H15BrN2O2/c14-9-3-2-6-15-12(9)13(17)16-7-8-18-11-5-1-4-10(11)16/h2-3,6,10-11H,1,4-5,7-8H2. The predicted octanol–water partition coefficient (Wildman–Crippen LogP) is 2.24. The number of fused-ring (bicyclic) bond motifs is 1. The number of amides is 1. The number of pyridine rings is 1. The molecule has 96 valence electrons. The van der Waals surface area contributed by atoms with Gasteiger partial charge in [0.15, 0.2) is 0 Å². The van der Waals surface area contributed by atoms with Gasteiger partial charge in [0.1, 0.15) is 5.69 Å². The summed E-state index contributed by atoms with van der Waals surface area (Å²) in [6, 6.07) is 3.91. The Morgan fingerprint density at radius 1 is 1.50 bits per heavy atom. The molecule has 2 aliphatic rings. The summed E-state index contributed by atoms with van der Waals surface area (Å²) >= 11 is 3.39. The first-order chi connectivity index (χ1) is 8.77. The van der Waals surface area contributed by atoms with Crippen molar-refractivity contribution in [1.29, 1.82) is 0 Å². The Hall–Kier alpha value is -0.940. The summed E-state index contributed by atoms with van der Waals surface area (Å²) in [4.78, 5) is 18.7. The van der Waals surface area contributed by atoms with E-state index in [0.717, 1.165) is 23.7 Å². The molecular formula is C13H15BrN2O2. The lowest BCUT2D eigenvalue weighted by atomic mass is 10.1. The lowest BCUT2D eigenvalue weighted by Crippen LogP contribution is -2.51. The first-order valence-electron chi connectivity index (χ1n) is 6.30. The van der Waals surface area contributed by atoms with Gasteiger partial charge in [-0.1, -0.05) is 0 Å². The van der Waals surface area contributed by atoms with Gasteiger partial charge in [0.25, 0.3) is 5.91 Å². The molecule has 5 heteroatoms. The number of aromatic nitrogens is 1. The highest BCUT2D eigenvalue weighted by Gasteiger charge is 2.39. The first kappa shape index (κ1) is 12.1. The van der Waals surface area contributed by atoms with Gasteiger partial charge in [-0.3, -0.25) is 4.79 Å². The highest BCUT2D eigenvalue weighted by molar-refractivity contribution is 9.10. The maximum absolute atomic E-state index is 12.5. The third kappa shape index (κ3) is 2.06. The minimum absolute atomic E-state index is 0.0164. The summed E-state index contributed by atoms with van der Waals surface area (Å²) in [5, 5.41) is 0. The number of nitrogens with zero attached hydrogens (tertiary/aromatic N) is 2. The maximum atomic E-state index is 12.5. The van der Waals surface area contributed by atoms with Crippen LogP contribution in [0.2, 0.25) is 0 Å². The van der Waals surface area contributed by atoms with Crippen molar-refractivity contribution in [3.8, 4) is 0 Å². The van der Waals surface area contributed by atoms with Crippen LogP contribution in [0.3, 0.4) is 0 Å². The van der Waals surface area contributed by atoms with Gasteiger partial charge in [-0.2, -0.15) is 0 Å². The Labute approximate surface area is 114 Å². The molecule has 1 aromatic heterocycles. The van der Waals surface area contributed by atoms with Gasteiger partial charge in [-0.05, 0) is 47.3 Å². The Bertz CT molecular complexity index is 466. The van der Waals surface area contributed by atoms with Crippen LogP contribution in [0.15, 0.2) is 22.8 Å². The molecule has 0 radical (unpaired) electrons. The minimum atomic E-state index is 0.0164. The molecule has 1 saturated carbocycles. The molecule has 1 saturated heterocycles. The second-order valence-electron chi connectivity index (χ2n) is 4.74. The van der Waals surface area contributed by atoms with Crippen LogP contribution in [-0.2, 0) is 4.74 Å². The summed E-state index contributed by atoms with van der Waals surface area (Å²) in [6.07, 6.45) is 5.14. The quantitative estimate of drug-likeness (QED) is 0.799. The van der Waals surface area contributed by atoms with Crippen molar-refractivity contribution in [2.24, 2.45) is 0 Å². The maximum Gasteiger partial charge on any atom is 0.274 e. The Morgan fingerprint density at radius 2 is 2.39 bits per heavy atom. The second-order valence-corrected chi connectivity index (χ2v) is 5.59. The molecule has 0 bridgehead atoms. The Kier molecular flexibility index (Phi) is 3.35. The Morgan fingerprint density at radius 3 is 3.22 bits per heavy atom. The van der Waals surface area contributed by atoms with Crippen molar-refractivity contribution in [3.05, 3.63) is 28.5 Å². The predicted molar refractivity (Wildman–Crippen MR) is 70.4 cm³/mol. The van der Waals surface area contributed by atoms with Crippen molar-refractivity contribution in [1.82, 2.24) is 9.88 Å². The second kappa shape index (κ2) is 4.97. The molecule has 3 rings (SSSR count). The summed E-state index contributed by atoms with van der Waals surface area (Å²) in [7, 11) is 0. The third-order valence-corrected chi connectivity index (χ3v) is 4.34. The van der Waals surface area contributed by atoms with Gasteiger partial charge in [0.05, 0.1) is 18.8 Å². The molecule has 18 heavy (non-hydrogen) atoms. The lowest BCUT2D eigenvalue weighted by molar-refractivity contribution is -0.0447. The van der Waals surface area contributed by atoms with E-state index >= 15 is 0 Å². The van der Waals surface area contributed by atoms with Crippen molar-refractivity contribution >= 4 is 21.8 Å². The number of ether oxygens (including phenoxy) is 1. The fourth-order valence-electron chi connectivity index (χ4n) is 2.86. The Balaban J connectivity index is 1.86. The van der Waals surface area contributed by atoms with Gasteiger partial charge >= 0.3 is 0 Å². The number of carbonyl (C=O) groups excluding carboxylic acids is 1. The topological polar surface area (TPSA) is 42.4 Å². The van der Waals surface area contributed by atoms with Crippen LogP contribution in [0, 0.1) is 0 Å². The molecule has 2 fully saturated rings. The molecule has 1 aliphatic carbocycles. The highest BCUT2D eigenvalue weighted by Crippen LogP contribution is 2.31. The van der Waals surface area contributed by atoms with Gasteiger partial charge in [0, 0.05) is 17.2 Å². The number of halogens is 1. The van der Waals surface area contributed by atoms with Gasteiger partial charge < -0.3 is 9.64 Å². The minimum Gasteiger partial charge on any atom is -0.374 e.